The minimum atomic E-state index is 0.397. The summed E-state index contributed by atoms with van der Waals surface area (Å²) in [5.74, 6) is 0.816. The number of benzene rings is 9. The van der Waals surface area contributed by atoms with Crippen molar-refractivity contribution in [2.45, 2.75) is 25.2 Å². The van der Waals surface area contributed by atoms with Gasteiger partial charge >= 0.3 is 0 Å². The van der Waals surface area contributed by atoms with Crippen molar-refractivity contribution >= 4 is 21.8 Å². The van der Waals surface area contributed by atoms with E-state index in [-0.39, 0.29) is 0 Å². The highest BCUT2D eigenvalue weighted by Crippen LogP contribution is 2.48. The first-order valence-corrected chi connectivity index (χ1v) is 22.8. The first-order chi connectivity index (χ1) is 32.1. The zero-order valence-electron chi connectivity index (χ0n) is 36.3. The molecule has 0 aliphatic heterocycles. The lowest BCUT2D eigenvalue weighted by Gasteiger charge is -2.34. The summed E-state index contributed by atoms with van der Waals surface area (Å²) in [6.45, 7) is 2.40. The molecule has 65 heavy (non-hydrogen) atoms. The molecule has 2 aromatic heterocycles. The molecule has 2 nitrogen and oxygen atoms in total. The Morgan fingerprint density at radius 3 is 1.51 bits per heavy atom. The minimum Gasteiger partial charge on any atom is -0.309 e. The Morgan fingerprint density at radius 1 is 0.369 bits per heavy atom. The zero-order chi connectivity index (χ0) is 43.3. The van der Waals surface area contributed by atoms with Crippen molar-refractivity contribution in [2.24, 2.45) is 0 Å². The van der Waals surface area contributed by atoms with E-state index < -0.39 is 0 Å². The summed E-state index contributed by atoms with van der Waals surface area (Å²) in [7, 11) is 0. The third-order valence-corrected chi connectivity index (χ3v) is 13.7. The van der Waals surface area contributed by atoms with Crippen LogP contribution in [0.5, 0.6) is 0 Å². The number of para-hydroxylation sites is 2. The highest BCUT2D eigenvalue weighted by Gasteiger charge is 2.30. The Balaban J connectivity index is 0.895. The lowest BCUT2D eigenvalue weighted by Crippen LogP contribution is -2.17. The van der Waals surface area contributed by atoms with Gasteiger partial charge in [0, 0.05) is 27.6 Å². The smallest absolute Gasteiger partial charge is 0.0715 e. The third kappa shape index (κ3) is 7.05. The van der Waals surface area contributed by atoms with Crippen LogP contribution >= 0.6 is 0 Å². The van der Waals surface area contributed by atoms with Gasteiger partial charge in [0.25, 0.3) is 0 Å². The predicted molar refractivity (Wildman–Crippen MR) is 272 cm³/mol. The van der Waals surface area contributed by atoms with E-state index >= 15 is 0 Å². The summed E-state index contributed by atoms with van der Waals surface area (Å²) < 4.78 is 2.38. The molecule has 0 N–H and O–H groups in total. The molecule has 2 heterocycles. The van der Waals surface area contributed by atoms with E-state index in [1.165, 1.54) is 60.8 Å². The largest absolute Gasteiger partial charge is 0.309 e. The van der Waals surface area contributed by atoms with Crippen molar-refractivity contribution in [2.75, 3.05) is 0 Å². The van der Waals surface area contributed by atoms with E-state index in [9.17, 15) is 0 Å². The molecular formula is C63H46N2. The fourth-order valence-corrected chi connectivity index (χ4v) is 10.5. The summed E-state index contributed by atoms with van der Waals surface area (Å²) in [4.78, 5) is 5.43. The van der Waals surface area contributed by atoms with Gasteiger partial charge in [0.2, 0.25) is 0 Å². The van der Waals surface area contributed by atoms with Gasteiger partial charge in [-0.15, -0.1) is 0 Å². The number of pyridine rings is 1. The van der Waals surface area contributed by atoms with E-state index in [0.29, 0.717) is 11.8 Å². The van der Waals surface area contributed by atoms with E-state index in [1.54, 1.807) is 0 Å². The maximum absolute atomic E-state index is 5.43. The summed E-state index contributed by atoms with van der Waals surface area (Å²) in [6.07, 6.45) is 0.980. The SMILES string of the molecule is CC1c2ccccc2-c2ccccc2C1Cc1cccc(-c2cccc(-c3cc(-c4ccccc4)cc(-c4cccc(-c5cccc(-n6c7ccccc7c7ccccc76)c5)c4)n3)c2)c1. The highest BCUT2D eigenvalue weighted by molar-refractivity contribution is 6.09. The van der Waals surface area contributed by atoms with Gasteiger partial charge in [-0.2, -0.15) is 0 Å². The van der Waals surface area contributed by atoms with Crippen molar-refractivity contribution < 1.29 is 0 Å². The van der Waals surface area contributed by atoms with Crippen LogP contribution in [0.25, 0.3) is 94.5 Å². The second-order valence-electron chi connectivity index (χ2n) is 17.5. The van der Waals surface area contributed by atoms with Crippen LogP contribution < -0.4 is 0 Å². The molecule has 0 amide bonds. The van der Waals surface area contributed by atoms with Gasteiger partial charge < -0.3 is 4.57 Å². The van der Waals surface area contributed by atoms with Crippen molar-refractivity contribution in [3.8, 4) is 72.7 Å². The van der Waals surface area contributed by atoms with Gasteiger partial charge in [-0.3, -0.25) is 0 Å². The molecule has 0 fully saturated rings. The summed E-state index contributed by atoms with van der Waals surface area (Å²) >= 11 is 0. The maximum Gasteiger partial charge on any atom is 0.0715 e. The van der Waals surface area contributed by atoms with Gasteiger partial charge in [-0.05, 0) is 128 Å². The number of hydrogen-bond acceptors (Lipinski definition) is 1. The molecular weight excluding hydrogens is 785 g/mol. The highest BCUT2D eigenvalue weighted by atomic mass is 15.0. The Kier molecular flexibility index (Phi) is 9.64. The molecule has 1 aliphatic rings. The van der Waals surface area contributed by atoms with Crippen LogP contribution in [0.4, 0.5) is 0 Å². The van der Waals surface area contributed by atoms with Crippen LogP contribution in [0, 0.1) is 0 Å². The fraction of sp³-hybridized carbons (Fsp3) is 0.0635. The zero-order valence-corrected chi connectivity index (χ0v) is 36.3. The predicted octanol–water partition coefficient (Wildman–Crippen LogP) is 16.6. The van der Waals surface area contributed by atoms with Gasteiger partial charge in [0.15, 0.2) is 0 Å². The van der Waals surface area contributed by atoms with Crippen LogP contribution in [0.3, 0.4) is 0 Å². The molecule has 1 aliphatic carbocycles. The molecule has 308 valence electrons. The van der Waals surface area contributed by atoms with E-state index in [0.717, 1.165) is 56.9 Å². The first-order valence-electron chi connectivity index (χ1n) is 22.8. The van der Waals surface area contributed by atoms with Gasteiger partial charge in [-0.1, -0.05) is 195 Å². The molecule has 0 radical (unpaired) electrons. The Hall–Kier alpha value is -8.07. The standard InChI is InChI=1S/C63H46N2/c1-42-53-27-5-6-28-54(53)55-29-7-8-30-56(55)59(42)36-43-17-13-20-45(35-43)46-21-14-24-49(37-46)60-40-51(44-18-3-2-4-19-44)41-61(64-60)50-25-15-22-47(38-50)48-23-16-26-52(39-48)65-62-33-11-9-31-57(62)58-32-10-12-34-63(58)65/h2-35,37-42,59H,36H2,1H3. The summed E-state index contributed by atoms with van der Waals surface area (Å²) in [5.41, 5.74) is 21.6. The van der Waals surface area contributed by atoms with Gasteiger partial charge in [0.05, 0.1) is 22.4 Å². The average Bonchev–Trinajstić information content (AvgIpc) is 3.72. The molecule has 0 saturated carbocycles. The summed E-state index contributed by atoms with van der Waals surface area (Å²) in [6, 6.07) is 86.3. The normalized spacial score (nSPS) is 14.3. The monoisotopic (exact) mass is 830 g/mol. The van der Waals surface area contributed by atoms with Crippen molar-refractivity contribution in [1.29, 1.82) is 0 Å². The first kappa shape index (κ1) is 38.6. The topological polar surface area (TPSA) is 17.8 Å². The molecule has 0 saturated heterocycles. The van der Waals surface area contributed by atoms with Crippen molar-refractivity contribution in [3.05, 3.63) is 253 Å². The molecule has 2 atom stereocenters. The molecule has 2 heteroatoms. The maximum atomic E-state index is 5.43. The second kappa shape index (κ2) is 16.2. The van der Waals surface area contributed by atoms with Crippen LogP contribution in [-0.2, 0) is 6.42 Å². The van der Waals surface area contributed by atoms with Crippen LogP contribution in [-0.4, -0.2) is 9.55 Å². The number of nitrogens with zero attached hydrogens (tertiary/aromatic N) is 2. The molecule has 0 spiro atoms. The second-order valence-corrected chi connectivity index (χ2v) is 17.5. The lowest BCUT2D eigenvalue weighted by molar-refractivity contribution is 0.566. The van der Waals surface area contributed by atoms with Crippen molar-refractivity contribution in [1.82, 2.24) is 9.55 Å². The molecule has 9 aromatic carbocycles. The number of rotatable bonds is 8. The number of fused-ring (bicyclic) bond motifs is 6. The van der Waals surface area contributed by atoms with Gasteiger partial charge in [-0.25, -0.2) is 4.98 Å². The molecule has 0 bridgehead atoms. The Bertz CT molecular complexity index is 3500. The average molecular weight is 831 g/mol. The molecule has 11 aromatic rings. The van der Waals surface area contributed by atoms with Crippen LogP contribution in [0.1, 0.15) is 35.4 Å². The Labute approximate surface area is 380 Å². The quantitative estimate of drug-likeness (QED) is 0.149. The Morgan fingerprint density at radius 2 is 0.846 bits per heavy atom. The molecule has 2 unspecified atom stereocenters. The van der Waals surface area contributed by atoms with E-state index in [2.05, 4.69) is 248 Å². The molecule has 12 rings (SSSR count). The number of hydrogen-bond donors (Lipinski definition) is 0. The summed E-state index contributed by atoms with van der Waals surface area (Å²) in [5, 5.41) is 2.52. The van der Waals surface area contributed by atoms with Crippen LogP contribution in [0.2, 0.25) is 0 Å². The minimum absolute atomic E-state index is 0.397. The third-order valence-electron chi connectivity index (χ3n) is 13.7. The number of aromatic nitrogens is 2. The van der Waals surface area contributed by atoms with E-state index in [4.69, 9.17) is 4.98 Å². The van der Waals surface area contributed by atoms with Crippen molar-refractivity contribution in [3.63, 3.8) is 0 Å². The van der Waals surface area contributed by atoms with Crippen LogP contribution in [0.15, 0.2) is 237 Å². The van der Waals surface area contributed by atoms with Gasteiger partial charge in [0.1, 0.15) is 0 Å². The fourth-order valence-electron chi connectivity index (χ4n) is 10.5. The lowest BCUT2D eigenvalue weighted by atomic mass is 9.70. The van der Waals surface area contributed by atoms with E-state index in [1.807, 2.05) is 0 Å².